The third-order valence-electron chi connectivity index (χ3n) is 5.35. The van der Waals surface area contributed by atoms with E-state index in [2.05, 4.69) is 5.32 Å². The van der Waals surface area contributed by atoms with Crippen molar-refractivity contribution >= 4 is 36.2 Å². The quantitative estimate of drug-likeness (QED) is 0.191. The third-order valence-corrected chi connectivity index (χ3v) is 6.26. The number of fused-ring (bicyclic) bond motifs is 1. The van der Waals surface area contributed by atoms with Crippen LogP contribution in [0.2, 0.25) is 0 Å². The van der Waals surface area contributed by atoms with E-state index in [-0.39, 0.29) is 32.6 Å². The summed E-state index contributed by atoms with van der Waals surface area (Å²) in [7, 11) is -4.42. The summed E-state index contributed by atoms with van der Waals surface area (Å²) in [5, 5.41) is 4.45. The van der Waals surface area contributed by atoms with Crippen LogP contribution in [0, 0.1) is 5.92 Å². The smallest absolute Gasteiger partial charge is 0.338 e. The van der Waals surface area contributed by atoms with Gasteiger partial charge in [0.25, 0.3) is 0 Å². The molecule has 0 aliphatic heterocycles. The average Bonchev–Trinajstić information content (AvgIpc) is 2.85. The van der Waals surface area contributed by atoms with Gasteiger partial charge in [-0.2, -0.15) is 0 Å². The fourth-order valence-electron chi connectivity index (χ4n) is 3.62. The molecule has 0 saturated heterocycles. The fraction of sp³-hybridized carbons (Fsp3) is 0.269. The second kappa shape index (κ2) is 13.0. The van der Waals surface area contributed by atoms with Crippen molar-refractivity contribution in [2.75, 3.05) is 25.9 Å². The van der Waals surface area contributed by atoms with E-state index in [1.165, 1.54) is 0 Å². The molecule has 0 fully saturated rings. The van der Waals surface area contributed by atoms with Gasteiger partial charge < -0.3 is 24.6 Å². The van der Waals surface area contributed by atoms with Crippen LogP contribution >= 0.6 is 7.60 Å². The summed E-state index contributed by atoms with van der Waals surface area (Å²) in [6.45, 7) is -0.312. The summed E-state index contributed by atoms with van der Waals surface area (Å²) in [6, 6.07) is 21.7. The van der Waals surface area contributed by atoms with Gasteiger partial charge in [0.15, 0.2) is 0 Å². The molecule has 0 aliphatic rings. The summed E-state index contributed by atoms with van der Waals surface area (Å²) in [4.78, 5) is 55.3. The third kappa shape index (κ3) is 8.92. The Labute approximate surface area is 208 Å². The van der Waals surface area contributed by atoms with Gasteiger partial charge in [-0.25, -0.2) is 4.79 Å². The number of hydrogen-bond acceptors (Lipinski definition) is 6. The molecule has 0 bridgehead atoms. The lowest BCUT2D eigenvalue weighted by Gasteiger charge is -2.17. The lowest BCUT2D eigenvalue weighted by atomic mass is 10.0. The van der Waals surface area contributed by atoms with Crippen LogP contribution in [0.15, 0.2) is 72.8 Å². The minimum absolute atomic E-state index is 0.0546. The summed E-state index contributed by atoms with van der Waals surface area (Å²) < 4.78 is 21.6. The molecule has 1 unspecified atom stereocenters. The van der Waals surface area contributed by atoms with Crippen molar-refractivity contribution in [2.24, 2.45) is 5.92 Å². The predicted molar refractivity (Wildman–Crippen MR) is 133 cm³/mol. The first kappa shape index (κ1) is 27.1. The molecule has 3 rings (SSSR count). The average molecular weight is 513 g/mol. The molecule has 9 nitrogen and oxygen atoms in total. The van der Waals surface area contributed by atoms with Crippen molar-refractivity contribution in [3.05, 3.63) is 83.9 Å². The van der Waals surface area contributed by atoms with Crippen LogP contribution in [-0.2, 0) is 30.0 Å². The molecular formula is C26H28NO8P. The molecule has 3 N–H and O–H groups in total. The van der Waals surface area contributed by atoms with Crippen molar-refractivity contribution in [1.82, 2.24) is 5.32 Å². The standard InChI is InChI=1S/C26H28NO8P/c28-24(34-14-15-35-26(30)22-11-10-20-8-4-5-9-21(20)17-22)12-13-27-25(29)23(18-36(31,32)33)16-19-6-2-1-3-7-19/h1-11,17,23H,12-16,18H2,(H,27,29)(H2,31,32,33). The molecule has 1 atom stereocenters. The van der Waals surface area contributed by atoms with Crippen molar-refractivity contribution in [1.29, 1.82) is 0 Å². The van der Waals surface area contributed by atoms with Gasteiger partial charge in [-0.05, 0) is 34.9 Å². The highest BCUT2D eigenvalue weighted by atomic mass is 31.2. The maximum atomic E-state index is 12.5. The normalized spacial score (nSPS) is 12.1. The largest absolute Gasteiger partial charge is 0.462 e. The lowest BCUT2D eigenvalue weighted by Crippen LogP contribution is -2.35. The number of benzene rings is 3. The van der Waals surface area contributed by atoms with E-state index >= 15 is 0 Å². The number of carbonyl (C=O) groups is 3. The first-order valence-corrected chi connectivity index (χ1v) is 13.2. The summed E-state index contributed by atoms with van der Waals surface area (Å²) in [6.07, 6.45) is -0.579. The maximum Gasteiger partial charge on any atom is 0.338 e. The topological polar surface area (TPSA) is 139 Å². The zero-order valence-corrected chi connectivity index (χ0v) is 20.4. The number of ether oxygens (including phenoxy) is 2. The Hall–Kier alpha value is -3.52. The van der Waals surface area contributed by atoms with Gasteiger partial charge in [0.1, 0.15) is 13.2 Å². The molecule has 3 aromatic rings. The fourth-order valence-corrected chi connectivity index (χ4v) is 4.49. The maximum absolute atomic E-state index is 12.5. The van der Waals surface area contributed by atoms with E-state index in [1.807, 2.05) is 30.3 Å². The first-order chi connectivity index (χ1) is 17.2. The van der Waals surface area contributed by atoms with Gasteiger partial charge in [0.2, 0.25) is 5.91 Å². The molecule has 190 valence electrons. The van der Waals surface area contributed by atoms with Gasteiger partial charge in [-0.3, -0.25) is 14.2 Å². The molecule has 0 aliphatic carbocycles. The molecule has 0 heterocycles. The molecule has 3 aromatic carbocycles. The predicted octanol–water partition coefficient (Wildman–Crippen LogP) is 3.08. The number of rotatable bonds is 12. The van der Waals surface area contributed by atoms with Crippen LogP contribution in [-0.4, -0.2) is 53.6 Å². The van der Waals surface area contributed by atoms with Crippen molar-refractivity contribution in [3.8, 4) is 0 Å². The first-order valence-electron chi connectivity index (χ1n) is 11.4. The summed E-state index contributed by atoms with van der Waals surface area (Å²) in [5.74, 6) is -2.64. The Bertz CT molecular complexity index is 1240. The van der Waals surface area contributed by atoms with Crippen molar-refractivity contribution < 1.29 is 38.2 Å². The Morgan fingerprint density at radius 1 is 0.861 bits per heavy atom. The van der Waals surface area contributed by atoms with E-state index in [1.54, 1.807) is 42.5 Å². The molecule has 0 aromatic heterocycles. The SMILES string of the molecule is O=C(CCNC(=O)C(Cc1ccccc1)CP(=O)(O)O)OCCOC(=O)c1ccc2ccccc2c1. The minimum Gasteiger partial charge on any atom is -0.462 e. The molecular weight excluding hydrogens is 485 g/mol. The van der Waals surface area contributed by atoms with E-state index < -0.39 is 37.5 Å². The van der Waals surface area contributed by atoms with E-state index in [0.717, 1.165) is 16.3 Å². The van der Waals surface area contributed by atoms with Crippen molar-refractivity contribution in [2.45, 2.75) is 12.8 Å². The van der Waals surface area contributed by atoms with Gasteiger partial charge >= 0.3 is 19.5 Å². The lowest BCUT2D eigenvalue weighted by molar-refractivity contribution is -0.144. The Morgan fingerprint density at radius 2 is 1.53 bits per heavy atom. The zero-order valence-electron chi connectivity index (χ0n) is 19.5. The highest BCUT2D eigenvalue weighted by Crippen LogP contribution is 2.37. The number of nitrogens with one attached hydrogen (secondary N) is 1. The minimum atomic E-state index is -4.42. The van der Waals surface area contributed by atoms with Crippen LogP contribution in [0.5, 0.6) is 0 Å². The van der Waals surface area contributed by atoms with Crippen LogP contribution in [0.25, 0.3) is 10.8 Å². The second-order valence-electron chi connectivity index (χ2n) is 8.19. The number of carbonyl (C=O) groups excluding carboxylic acids is 3. The molecule has 0 saturated carbocycles. The molecule has 36 heavy (non-hydrogen) atoms. The van der Waals surface area contributed by atoms with Gasteiger partial charge in [-0.15, -0.1) is 0 Å². The number of hydrogen-bond donors (Lipinski definition) is 3. The monoisotopic (exact) mass is 513 g/mol. The van der Waals surface area contributed by atoms with Crippen molar-refractivity contribution in [3.63, 3.8) is 0 Å². The highest BCUT2D eigenvalue weighted by Gasteiger charge is 2.27. The van der Waals surface area contributed by atoms with Gasteiger partial charge in [-0.1, -0.05) is 60.7 Å². The van der Waals surface area contributed by atoms with Crippen LogP contribution in [0.1, 0.15) is 22.3 Å². The molecule has 0 spiro atoms. The number of amides is 1. The van der Waals surface area contributed by atoms with E-state index in [4.69, 9.17) is 9.47 Å². The van der Waals surface area contributed by atoms with Gasteiger partial charge in [0, 0.05) is 6.54 Å². The summed E-state index contributed by atoms with van der Waals surface area (Å²) >= 11 is 0. The second-order valence-corrected chi connectivity index (χ2v) is 9.89. The summed E-state index contributed by atoms with van der Waals surface area (Å²) in [5.41, 5.74) is 1.16. The van der Waals surface area contributed by atoms with Crippen LogP contribution in [0.3, 0.4) is 0 Å². The Balaban J connectivity index is 1.37. The van der Waals surface area contributed by atoms with Gasteiger partial charge in [0.05, 0.1) is 24.1 Å². The highest BCUT2D eigenvalue weighted by molar-refractivity contribution is 7.51. The molecule has 0 radical (unpaired) electrons. The zero-order chi connectivity index (χ0) is 26.0. The van der Waals surface area contributed by atoms with Crippen LogP contribution in [0.4, 0.5) is 0 Å². The Morgan fingerprint density at radius 3 is 2.25 bits per heavy atom. The number of esters is 2. The van der Waals surface area contributed by atoms with E-state index in [0.29, 0.717) is 5.56 Å². The molecule has 10 heteroatoms. The van der Waals surface area contributed by atoms with Crippen LogP contribution < -0.4 is 5.32 Å². The molecule has 1 amide bonds. The van der Waals surface area contributed by atoms with E-state index in [9.17, 15) is 28.7 Å². The Kier molecular flexibility index (Phi) is 9.76.